The molecule has 0 aliphatic carbocycles. The van der Waals surface area contributed by atoms with E-state index >= 15 is 0 Å². The van der Waals surface area contributed by atoms with Gasteiger partial charge in [-0.3, -0.25) is 9.89 Å². The Morgan fingerprint density at radius 2 is 2.17 bits per heavy atom. The number of nitrogens with one attached hydrogen (secondary N) is 1. The van der Waals surface area contributed by atoms with Crippen LogP contribution in [0.15, 0.2) is 52.0 Å². The molecule has 1 aromatic carbocycles. The smallest absolute Gasteiger partial charge is 0.258 e. The molecule has 0 aliphatic heterocycles. The summed E-state index contributed by atoms with van der Waals surface area (Å²) in [6, 6.07) is 9.45. The van der Waals surface area contributed by atoms with Crippen LogP contribution < -0.4 is 5.56 Å². The van der Waals surface area contributed by atoms with Crippen molar-refractivity contribution in [2.24, 2.45) is 0 Å². The molecule has 2 aromatic heterocycles. The largest absolute Gasteiger partial charge is 0.309 e. The van der Waals surface area contributed by atoms with E-state index in [0.29, 0.717) is 6.54 Å². The molecule has 0 unspecified atom stereocenters. The lowest BCUT2D eigenvalue weighted by atomic mass is 10.2. The van der Waals surface area contributed by atoms with E-state index in [1.54, 1.807) is 17.0 Å². The molecular formula is C13H10BrN3O. The van der Waals surface area contributed by atoms with E-state index in [2.05, 4.69) is 26.1 Å². The molecule has 90 valence electrons. The topological polar surface area (TPSA) is 50.7 Å². The third kappa shape index (κ3) is 1.97. The van der Waals surface area contributed by atoms with Gasteiger partial charge in [-0.15, -0.1) is 0 Å². The minimum Gasteiger partial charge on any atom is -0.309 e. The lowest BCUT2D eigenvalue weighted by Crippen LogP contribution is -2.20. The van der Waals surface area contributed by atoms with Gasteiger partial charge in [-0.2, -0.15) is 5.10 Å². The number of fused-ring (bicyclic) bond motifs is 1. The van der Waals surface area contributed by atoms with E-state index in [1.807, 2.05) is 30.3 Å². The highest BCUT2D eigenvalue weighted by molar-refractivity contribution is 9.10. The van der Waals surface area contributed by atoms with E-state index in [0.717, 1.165) is 20.9 Å². The lowest BCUT2D eigenvalue weighted by molar-refractivity contribution is 0.742. The molecule has 0 saturated carbocycles. The first-order chi connectivity index (χ1) is 8.74. The summed E-state index contributed by atoms with van der Waals surface area (Å²) in [5.41, 5.74) is 0.844. The number of aromatic nitrogens is 3. The number of rotatable bonds is 2. The monoisotopic (exact) mass is 303 g/mol. The molecule has 18 heavy (non-hydrogen) atoms. The van der Waals surface area contributed by atoms with Crippen LogP contribution in [0.4, 0.5) is 0 Å². The van der Waals surface area contributed by atoms with Gasteiger partial charge in [0.2, 0.25) is 0 Å². The summed E-state index contributed by atoms with van der Waals surface area (Å²) in [6.07, 6.45) is 3.55. The van der Waals surface area contributed by atoms with Gasteiger partial charge in [-0.25, -0.2) is 0 Å². The number of nitrogens with zero attached hydrogens (tertiary/aromatic N) is 2. The number of pyridine rings is 1. The molecule has 0 radical (unpaired) electrons. The molecule has 2 heterocycles. The molecule has 0 fully saturated rings. The van der Waals surface area contributed by atoms with Crippen molar-refractivity contribution in [2.75, 3.05) is 0 Å². The SMILES string of the molecule is O=c1c2ccc(Br)cc2ccn1Cc1cc[nH]n1. The van der Waals surface area contributed by atoms with E-state index < -0.39 is 0 Å². The van der Waals surface area contributed by atoms with Gasteiger partial charge in [-0.05, 0) is 35.7 Å². The summed E-state index contributed by atoms with van der Waals surface area (Å²) in [7, 11) is 0. The van der Waals surface area contributed by atoms with Gasteiger partial charge >= 0.3 is 0 Å². The fraction of sp³-hybridized carbons (Fsp3) is 0.0769. The van der Waals surface area contributed by atoms with Crippen molar-refractivity contribution in [3.63, 3.8) is 0 Å². The van der Waals surface area contributed by atoms with E-state index in [-0.39, 0.29) is 5.56 Å². The van der Waals surface area contributed by atoms with Crippen LogP contribution in [0, 0.1) is 0 Å². The lowest BCUT2D eigenvalue weighted by Gasteiger charge is -2.05. The summed E-state index contributed by atoms with van der Waals surface area (Å²) < 4.78 is 2.63. The molecule has 4 nitrogen and oxygen atoms in total. The fourth-order valence-electron chi connectivity index (χ4n) is 1.94. The molecule has 5 heteroatoms. The highest BCUT2D eigenvalue weighted by Gasteiger charge is 2.04. The Bertz CT molecular complexity index is 747. The fourth-order valence-corrected chi connectivity index (χ4v) is 2.32. The van der Waals surface area contributed by atoms with Crippen molar-refractivity contribution in [3.05, 3.63) is 63.2 Å². The van der Waals surface area contributed by atoms with Gasteiger partial charge in [0.05, 0.1) is 12.2 Å². The van der Waals surface area contributed by atoms with Crippen LogP contribution in [0.3, 0.4) is 0 Å². The van der Waals surface area contributed by atoms with Crippen molar-refractivity contribution in [2.45, 2.75) is 6.54 Å². The summed E-state index contributed by atoms with van der Waals surface area (Å²) in [6.45, 7) is 0.480. The third-order valence-corrected chi connectivity index (χ3v) is 3.32. The van der Waals surface area contributed by atoms with Gasteiger partial charge in [0, 0.05) is 22.3 Å². The zero-order valence-corrected chi connectivity index (χ0v) is 11.0. The highest BCUT2D eigenvalue weighted by Crippen LogP contribution is 2.16. The summed E-state index contributed by atoms with van der Waals surface area (Å²) in [5.74, 6) is 0. The quantitative estimate of drug-likeness (QED) is 0.791. The zero-order valence-electron chi connectivity index (χ0n) is 9.43. The van der Waals surface area contributed by atoms with Crippen LogP contribution in [-0.4, -0.2) is 14.8 Å². The van der Waals surface area contributed by atoms with Crippen LogP contribution in [-0.2, 0) is 6.54 Å². The number of benzene rings is 1. The predicted molar refractivity (Wildman–Crippen MR) is 73.6 cm³/mol. The highest BCUT2D eigenvalue weighted by atomic mass is 79.9. The Kier molecular flexibility index (Phi) is 2.76. The molecule has 0 atom stereocenters. The van der Waals surface area contributed by atoms with Gasteiger partial charge in [0.15, 0.2) is 0 Å². The van der Waals surface area contributed by atoms with Crippen LogP contribution in [0.2, 0.25) is 0 Å². The molecule has 3 rings (SSSR count). The molecule has 0 amide bonds. The zero-order chi connectivity index (χ0) is 12.5. The molecule has 3 aromatic rings. The van der Waals surface area contributed by atoms with Crippen LogP contribution in [0.1, 0.15) is 5.69 Å². The Balaban J connectivity index is 2.12. The molecule has 1 N–H and O–H groups in total. The predicted octanol–water partition coefficient (Wildman–Crippen LogP) is 2.54. The van der Waals surface area contributed by atoms with Gasteiger partial charge < -0.3 is 4.57 Å². The van der Waals surface area contributed by atoms with Crippen LogP contribution >= 0.6 is 15.9 Å². The normalized spacial score (nSPS) is 10.9. The summed E-state index contributed by atoms with van der Waals surface area (Å²) in [4.78, 5) is 12.3. The Hall–Kier alpha value is -1.88. The Labute approximate surface area is 111 Å². The number of aromatic amines is 1. The van der Waals surface area contributed by atoms with Gasteiger partial charge in [0.1, 0.15) is 0 Å². The number of H-pyrrole nitrogens is 1. The van der Waals surface area contributed by atoms with Crippen molar-refractivity contribution < 1.29 is 0 Å². The minimum atomic E-state index is 0.00278. The number of halogens is 1. The molecular weight excluding hydrogens is 294 g/mol. The van der Waals surface area contributed by atoms with E-state index in [9.17, 15) is 4.79 Å². The van der Waals surface area contributed by atoms with Crippen molar-refractivity contribution in [1.82, 2.24) is 14.8 Å². The number of hydrogen-bond acceptors (Lipinski definition) is 2. The summed E-state index contributed by atoms with van der Waals surface area (Å²) in [5, 5.41) is 8.45. The first kappa shape index (κ1) is 11.2. The second-order valence-electron chi connectivity index (χ2n) is 4.05. The average Bonchev–Trinajstić information content (AvgIpc) is 2.85. The van der Waals surface area contributed by atoms with Crippen LogP contribution in [0.25, 0.3) is 10.8 Å². The average molecular weight is 304 g/mol. The van der Waals surface area contributed by atoms with E-state index in [4.69, 9.17) is 0 Å². The van der Waals surface area contributed by atoms with Crippen LogP contribution in [0.5, 0.6) is 0 Å². The maximum absolute atomic E-state index is 12.3. The van der Waals surface area contributed by atoms with E-state index in [1.165, 1.54) is 0 Å². The third-order valence-electron chi connectivity index (χ3n) is 2.83. The molecule has 0 spiro atoms. The maximum Gasteiger partial charge on any atom is 0.258 e. The Morgan fingerprint density at radius 3 is 2.94 bits per heavy atom. The first-order valence-corrected chi connectivity index (χ1v) is 6.31. The van der Waals surface area contributed by atoms with Crippen molar-refractivity contribution in [1.29, 1.82) is 0 Å². The molecule has 0 bridgehead atoms. The Morgan fingerprint density at radius 1 is 1.28 bits per heavy atom. The molecule has 0 saturated heterocycles. The molecule has 0 aliphatic rings. The standard InChI is InChI=1S/C13H10BrN3O/c14-10-1-2-12-9(7-10)4-6-17(13(12)18)8-11-3-5-15-16-11/h1-7H,8H2,(H,15,16). The minimum absolute atomic E-state index is 0.00278. The number of hydrogen-bond donors (Lipinski definition) is 1. The second kappa shape index (κ2) is 4.42. The summed E-state index contributed by atoms with van der Waals surface area (Å²) >= 11 is 3.40. The van der Waals surface area contributed by atoms with Crippen molar-refractivity contribution in [3.8, 4) is 0 Å². The van der Waals surface area contributed by atoms with Crippen molar-refractivity contribution >= 4 is 26.7 Å². The van der Waals surface area contributed by atoms with Gasteiger partial charge in [-0.1, -0.05) is 15.9 Å². The first-order valence-electron chi connectivity index (χ1n) is 5.51. The van der Waals surface area contributed by atoms with Gasteiger partial charge in [0.25, 0.3) is 5.56 Å². The second-order valence-corrected chi connectivity index (χ2v) is 4.96. The maximum atomic E-state index is 12.3.